The second-order valence-corrected chi connectivity index (χ2v) is 8.58. The summed E-state index contributed by atoms with van der Waals surface area (Å²) in [5.41, 5.74) is 3.39. The Morgan fingerprint density at radius 2 is 1.88 bits per heavy atom. The van der Waals surface area contributed by atoms with Gasteiger partial charge < -0.3 is 9.84 Å². The Labute approximate surface area is 188 Å². The Bertz CT molecular complexity index is 1130. The van der Waals surface area contributed by atoms with Crippen LogP contribution in [0.4, 0.5) is 0 Å². The van der Waals surface area contributed by atoms with Gasteiger partial charge in [0.2, 0.25) is 5.78 Å². The number of nitrogens with zero attached hydrogens (tertiary/aromatic N) is 2. The minimum absolute atomic E-state index is 0.160. The molecule has 0 aliphatic carbocycles. The number of ether oxygens (including phenoxy) is 1. The second-order valence-electron chi connectivity index (χ2n) is 8.58. The first-order chi connectivity index (χ1) is 15.7. The molecule has 2 aliphatic rings. The minimum atomic E-state index is -0.160. The summed E-state index contributed by atoms with van der Waals surface area (Å²) in [5.74, 6) is 1.44. The lowest BCUT2D eigenvalue weighted by molar-refractivity contribution is 0.101. The Morgan fingerprint density at radius 3 is 2.62 bits per heavy atom. The Kier molecular flexibility index (Phi) is 5.73. The number of pyridine rings is 1. The summed E-state index contributed by atoms with van der Waals surface area (Å²) in [7, 11) is 0. The van der Waals surface area contributed by atoms with Crippen molar-refractivity contribution in [3.63, 3.8) is 0 Å². The van der Waals surface area contributed by atoms with Crippen LogP contribution in [0.1, 0.15) is 39.9 Å². The topological polar surface area (TPSA) is 62.7 Å². The van der Waals surface area contributed by atoms with E-state index in [2.05, 4.69) is 40.2 Å². The molecule has 0 unspecified atom stereocenters. The quantitative estimate of drug-likeness (QED) is 0.591. The molecule has 0 amide bonds. The van der Waals surface area contributed by atoms with Gasteiger partial charge in [-0.1, -0.05) is 36.4 Å². The number of ketones is 1. The van der Waals surface area contributed by atoms with Gasteiger partial charge in [0.15, 0.2) is 5.76 Å². The number of fused-ring (bicyclic) bond motifs is 1. The van der Waals surface area contributed by atoms with Gasteiger partial charge in [0, 0.05) is 18.9 Å². The molecule has 162 valence electrons. The molecule has 0 atom stereocenters. The van der Waals surface area contributed by atoms with E-state index < -0.39 is 0 Å². The third-order valence-electron chi connectivity index (χ3n) is 6.35. The number of likely N-dealkylation sites (tertiary alicyclic amines) is 1. The highest BCUT2D eigenvalue weighted by Gasteiger charge is 2.32. The molecular weight excluding hydrogens is 400 g/mol. The maximum absolute atomic E-state index is 12.9. The summed E-state index contributed by atoms with van der Waals surface area (Å²) in [6.45, 7) is 2.50. The van der Waals surface area contributed by atoms with Crippen LogP contribution in [0.25, 0.3) is 6.08 Å². The number of Topliss-reactive ketones (excluding diaryl/α,β-unsaturated/α-hetero) is 1. The summed E-state index contributed by atoms with van der Waals surface area (Å²) in [6.07, 6.45) is 8.43. The molecule has 0 radical (unpaired) electrons. The van der Waals surface area contributed by atoms with Crippen LogP contribution < -0.4 is 4.74 Å². The fourth-order valence-electron chi connectivity index (χ4n) is 4.58. The number of aromatic hydroxyl groups is 1. The molecule has 5 heteroatoms. The molecule has 32 heavy (non-hydrogen) atoms. The molecule has 0 bridgehead atoms. The van der Waals surface area contributed by atoms with Crippen molar-refractivity contribution in [2.45, 2.75) is 25.8 Å². The van der Waals surface area contributed by atoms with E-state index >= 15 is 0 Å². The highest BCUT2D eigenvalue weighted by molar-refractivity contribution is 6.14. The van der Waals surface area contributed by atoms with Crippen LogP contribution >= 0.6 is 0 Å². The second kappa shape index (κ2) is 8.97. The first-order valence-electron chi connectivity index (χ1n) is 11.1. The number of carbonyl (C=O) groups is 1. The van der Waals surface area contributed by atoms with E-state index in [4.69, 9.17) is 4.74 Å². The molecule has 0 spiro atoms. The van der Waals surface area contributed by atoms with E-state index in [1.165, 1.54) is 5.56 Å². The van der Waals surface area contributed by atoms with Gasteiger partial charge in [-0.05, 0) is 73.7 Å². The van der Waals surface area contributed by atoms with E-state index in [-0.39, 0.29) is 17.3 Å². The number of piperidine rings is 1. The lowest BCUT2D eigenvalue weighted by Gasteiger charge is -2.32. The summed E-state index contributed by atoms with van der Waals surface area (Å²) in [5, 5.41) is 10.6. The standard InChI is InChI=1S/C27H26N2O3/c30-24-9-8-22-26(31)25(16-21-7-4-12-28-17-21)32-27(22)23(24)18-29-13-10-20(11-14-29)15-19-5-2-1-3-6-19/h1-9,12,16-17,20,30H,10-11,13-15,18H2. The van der Waals surface area contributed by atoms with E-state index in [1.807, 2.05) is 12.1 Å². The van der Waals surface area contributed by atoms with Gasteiger partial charge >= 0.3 is 0 Å². The fraction of sp³-hybridized carbons (Fsp3) is 0.259. The highest BCUT2D eigenvalue weighted by atomic mass is 16.5. The Balaban J connectivity index is 1.28. The van der Waals surface area contributed by atoms with Crippen LogP contribution in [-0.2, 0) is 13.0 Å². The third kappa shape index (κ3) is 4.30. The number of phenolic OH excluding ortho intramolecular Hbond substituents is 1. The van der Waals surface area contributed by atoms with Gasteiger partial charge in [-0.25, -0.2) is 0 Å². The first-order valence-corrected chi connectivity index (χ1v) is 11.1. The SMILES string of the molecule is O=C1C(=Cc2cccnc2)Oc2c1ccc(O)c2CN1CCC(Cc2ccccc2)CC1. The average molecular weight is 427 g/mol. The number of phenols is 1. The number of hydrogen-bond donors (Lipinski definition) is 1. The van der Waals surface area contributed by atoms with Gasteiger partial charge in [-0.2, -0.15) is 0 Å². The van der Waals surface area contributed by atoms with Gasteiger partial charge in [0.1, 0.15) is 11.5 Å². The zero-order valence-corrected chi connectivity index (χ0v) is 17.9. The van der Waals surface area contributed by atoms with Crippen LogP contribution in [0.2, 0.25) is 0 Å². The first kappa shape index (κ1) is 20.5. The van der Waals surface area contributed by atoms with E-state index in [0.29, 0.717) is 29.3 Å². The van der Waals surface area contributed by atoms with Crippen LogP contribution in [0, 0.1) is 5.92 Å². The molecule has 5 rings (SSSR count). The minimum Gasteiger partial charge on any atom is -0.507 e. The predicted octanol–water partition coefficient (Wildman–Crippen LogP) is 4.86. The molecule has 0 saturated carbocycles. The van der Waals surface area contributed by atoms with Gasteiger partial charge in [-0.15, -0.1) is 0 Å². The molecule has 3 aromatic rings. The lowest BCUT2D eigenvalue weighted by atomic mass is 9.90. The van der Waals surface area contributed by atoms with Crippen LogP contribution in [0.3, 0.4) is 0 Å². The summed E-state index contributed by atoms with van der Waals surface area (Å²) in [6, 6.07) is 17.6. The molecule has 1 fully saturated rings. The molecule has 3 heterocycles. The average Bonchev–Trinajstić information content (AvgIpc) is 3.13. The van der Waals surface area contributed by atoms with E-state index in [0.717, 1.165) is 37.9 Å². The summed E-state index contributed by atoms with van der Waals surface area (Å²) in [4.78, 5) is 19.3. The number of rotatable bonds is 5. The van der Waals surface area contributed by atoms with Gasteiger partial charge in [0.05, 0.1) is 11.1 Å². The van der Waals surface area contributed by atoms with Crippen molar-refractivity contribution in [3.05, 3.63) is 95.0 Å². The Hall–Kier alpha value is -3.44. The molecule has 2 aliphatic heterocycles. The van der Waals surface area contributed by atoms with Crippen molar-refractivity contribution in [3.8, 4) is 11.5 Å². The summed E-state index contributed by atoms with van der Waals surface area (Å²) >= 11 is 0. The maximum atomic E-state index is 12.9. The normalized spacial score (nSPS) is 18.0. The van der Waals surface area contributed by atoms with Crippen molar-refractivity contribution in [1.82, 2.24) is 9.88 Å². The zero-order valence-electron chi connectivity index (χ0n) is 17.9. The number of aromatic nitrogens is 1. The fourth-order valence-corrected chi connectivity index (χ4v) is 4.58. The lowest BCUT2D eigenvalue weighted by Crippen LogP contribution is -2.34. The number of carbonyl (C=O) groups excluding carboxylic acids is 1. The monoisotopic (exact) mass is 426 g/mol. The molecule has 1 aromatic heterocycles. The van der Waals surface area contributed by atoms with E-state index in [9.17, 15) is 9.90 Å². The van der Waals surface area contributed by atoms with E-state index in [1.54, 1.807) is 30.6 Å². The summed E-state index contributed by atoms with van der Waals surface area (Å²) < 4.78 is 5.97. The van der Waals surface area contributed by atoms with Gasteiger partial charge in [0.25, 0.3) is 0 Å². The Morgan fingerprint density at radius 1 is 1.06 bits per heavy atom. The van der Waals surface area contributed by atoms with Crippen molar-refractivity contribution in [2.75, 3.05) is 13.1 Å². The highest BCUT2D eigenvalue weighted by Crippen LogP contribution is 2.40. The number of benzene rings is 2. The zero-order chi connectivity index (χ0) is 21.9. The smallest absolute Gasteiger partial charge is 0.231 e. The molecule has 5 nitrogen and oxygen atoms in total. The van der Waals surface area contributed by atoms with Crippen molar-refractivity contribution >= 4 is 11.9 Å². The largest absolute Gasteiger partial charge is 0.507 e. The molecule has 1 saturated heterocycles. The number of hydrogen-bond acceptors (Lipinski definition) is 5. The molecular formula is C27H26N2O3. The van der Waals surface area contributed by atoms with Crippen molar-refractivity contribution in [1.29, 1.82) is 0 Å². The third-order valence-corrected chi connectivity index (χ3v) is 6.35. The van der Waals surface area contributed by atoms with Crippen LogP contribution in [-0.4, -0.2) is 33.9 Å². The van der Waals surface area contributed by atoms with Crippen molar-refractivity contribution < 1.29 is 14.6 Å². The maximum Gasteiger partial charge on any atom is 0.231 e. The number of allylic oxidation sites excluding steroid dienone is 1. The molecule has 2 aromatic carbocycles. The van der Waals surface area contributed by atoms with Gasteiger partial charge in [-0.3, -0.25) is 14.7 Å². The molecule has 1 N–H and O–H groups in total. The predicted molar refractivity (Wildman–Crippen MR) is 123 cm³/mol. The van der Waals surface area contributed by atoms with Crippen molar-refractivity contribution in [2.24, 2.45) is 5.92 Å². The van der Waals surface area contributed by atoms with Crippen LogP contribution in [0.15, 0.2) is 72.8 Å². The van der Waals surface area contributed by atoms with Crippen LogP contribution in [0.5, 0.6) is 11.5 Å².